The number of nitrogens with one attached hydrogen (secondary N) is 2. The van der Waals surface area contributed by atoms with E-state index in [4.69, 9.17) is 5.41 Å². The first kappa shape index (κ1) is 22.9. The van der Waals surface area contributed by atoms with Gasteiger partial charge in [0, 0.05) is 43.4 Å². The van der Waals surface area contributed by atoms with Gasteiger partial charge in [0.15, 0.2) is 5.82 Å². The zero-order chi connectivity index (χ0) is 23.8. The van der Waals surface area contributed by atoms with Gasteiger partial charge in [-0.15, -0.1) is 0 Å². The van der Waals surface area contributed by atoms with Crippen molar-refractivity contribution in [2.75, 3.05) is 42.9 Å². The molecule has 1 spiro atoms. The van der Waals surface area contributed by atoms with Crippen LogP contribution in [0.25, 0.3) is 0 Å². The molecule has 0 bridgehead atoms. The molecule has 0 radical (unpaired) electrons. The largest absolute Gasteiger partial charge is 0.416 e. The average molecular weight is 468 g/mol. The molecule has 2 fully saturated rings. The predicted molar refractivity (Wildman–Crippen MR) is 111 cm³/mol. The van der Waals surface area contributed by atoms with Crippen molar-refractivity contribution in [2.24, 2.45) is 5.41 Å². The molecule has 0 aliphatic carbocycles. The van der Waals surface area contributed by atoms with Gasteiger partial charge in [-0.25, -0.2) is 18.7 Å². The van der Waals surface area contributed by atoms with Crippen molar-refractivity contribution >= 4 is 23.8 Å². The van der Waals surface area contributed by atoms with Crippen molar-refractivity contribution in [3.63, 3.8) is 0 Å². The van der Waals surface area contributed by atoms with E-state index in [9.17, 15) is 26.7 Å². The Morgan fingerprint density at radius 2 is 1.91 bits per heavy atom. The molecule has 2 aromatic rings. The first-order chi connectivity index (χ1) is 15.6. The maximum Gasteiger partial charge on any atom is 0.416 e. The number of hydrogen-bond acceptors (Lipinski definition) is 6. The Labute approximate surface area is 186 Å². The lowest BCUT2D eigenvalue weighted by Gasteiger charge is -2.48. The van der Waals surface area contributed by atoms with Crippen LogP contribution in [0.1, 0.15) is 28.0 Å². The number of aromatic nitrogens is 2. The fourth-order valence-corrected chi connectivity index (χ4v) is 4.23. The highest BCUT2D eigenvalue weighted by Crippen LogP contribution is 2.41. The third-order valence-corrected chi connectivity index (χ3v) is 5.91. The van der Waals surface area contributed by atoms with Gasteiger partial charge < -0.3 is 20.5 Å². The van der Waals surface area contributed by atoms with Gasteiger partial charge in [0.25, 0.3) is 12.3 Å². The topological polar surface area (TPSA) is 85.2 Å². The van der Waals surface area contributed by atoms with E-state index in [0.29, 0.717) is 32.0 Å². The second-order valence-corrected chi connectivity index (χ2v) is 8.29. The van der Waals surface area contributed by atoms with Crippen LogP contribution in [-0.2, 0) is 6.18 Å². The van der Waals surface area contributed by atoms with Crippen molar-refractivity contribution in [3.05, 3.63) is 47.3 Å². The fraction of sp³-hybridized carbons (Fsp3) is 0.429. The zero-order valence-electron chi connectivity index (χ0n) is 17.4. The molecule has 33 heavy (non-hydrogen) atoms. The van der Waals surface area contributed by atoms with Gasteiger partial charge in [-0.1, -0.05) is 0 Å². The van der Waals surface area contributed by atoms with E-state index in [2.05, 4.69) is 15.3 Å². The number of likely N-dealkylation sites (tertiary alicyclic amines) is 1. The summed E-state index contributed by atoms with van der Waals surface area (Å²) in [5.41, 5.74) is -0.607. The SMILES string of the molecule is N=Cc1ncc(N2CCC3(CN(C(=O)c4ccc(C(F)(F)F)cc4)C3)C2)nc1NCC(F)F. The Balaban J connectivity index is 1.38. The predicted octanol–water partition coefficient (Wildman–Crippen LogP) is 3.52. The Morgan fingerprint density at radius 3 is 2.52 bits per heavy atom. The highest BCUT2D eigenvalue weighted by Gasteiger charge is 2.49. The van der Waals surface area contributed by atoms with E-state index in [1.54, 1.807) is 4.90 Å². The molecule has 3 heterocycles. The van der Waals surface area contributed by atoms with Gasteiger partial charge in [0.1, 0.15) is 11.5 Å². The number of hydrogen-bond donors (Lipinski definition) is 2. The first-order valence-corrected chi connectivity index (χ1v) is 10.2. The van der Waals surface area contributed by atoms with Crippen LogP contribution in [0.5, 0.6) is 0 Å². The number of carbonyl (C=O) groups excluding carboxylic acids is 1. The van der Waals surface area contributed by atoms with Gasteiger partial charge in [-0.3, -0.25) is 4.79 Å². The van der Waals surface area contributed by atoms with E-state index in [-0.39, 0.29) is 28.4 Å². The quantitative estimate of drug-likeness (QED) is 0.501. The zero-order valence-corrected chi connectivity index (χ0v) is 17.4. The molecule has 1 aromatic carbocycles. The van der Waals surface area contributed by atoms with Crippen LogP contribution in [0.3, 0.4) is 0 Å². The lowest BCUT2D eigenvalue weighted by molar-refractivity contribution is -0.137. The number of anilines is 2. The highest BCUT2D eigenvalue weighted by molar-refractivity contribution is 5.95. The Bertz CT molecular complexity index is 1040. The highest BCUT2D eigenvalue weighted by atomic mass is 19.4. The molecule has 176 valence electrons. The molecule has 2 aliphatic rings. The monoisotopic (exact) mass is 468 g/mol. The summed E-state index contributed by atoms with van der Waals surface area (Å²) in [6.45, 7) is 1.54. The molecule has 2 N–H and O–H groups in total. The summed E-state index contributed by atoms with van der Waals surface area (Å²) >= 11 is 0. The van der Waals surface area contributed by atoms with E-state index in [1.807, 2.05) is 4.90 Å². The number of rotatable bonds is 6. The second kappa shape index (κ2) is 8.56. The molecule has 2 saturated heterocycles. The van der Waals surface area contributed by atoms with Crippen LogP contribution in [0.2, 0.25) is 0 Å². The summed E-state index contributed by atoms with van der Waals surface area (Å²) in [5, 5.41) is 9.87. The minimum atomic E-state index is -4.45. The smallest absolute Gasteiger partial charge is 0.362 e. The Morgan fingerprint density at radius 1 is 1.21 bits per heavy atom. The molecule has 4 rings (SSSR count). The van der Waals surface area contributed by atoms with Crippen LogP contribution < -0.4 is 10.2 Å². The van der Waals surface area contributed by atoms with Crippen molar-refractivity contribution in [3.8, 4) is 0 Å². The summed E-state index contributed by atoms with van der Waals surface area (Å²) < 4.78 is 63.3. The number of carbonyl (C=O) groups is 1. The molecule has 12 heteroatoms. The van der Waals surface area contributed by atoms with Gasteiger partial charge in [0.05, 0.1) is 18.3 Å². The summed E-state index contributed by atoms with van der Waals surface area (Å²) in [6.07, 6.45) is -3.84. The lowest BCUT2D eigenvalue weighted by Crippen LogP contribution is -2.59. The van der Waals surface area contributed by atoms with Crippen molar-refractivity contribution < 1.29 is 26.7 Å². The lowest BCUT2D eigenvalue weighted by atomic mass is 9.78. The molecule has 1 aromatic heterocycles. The summed E-state index contributed by atoms with van der Waals surface area (Å²) in [4.78, 5) is 24.7. The van der Waals surface area contributed by atoms with Crippen molar-refractivity contribution in [2.45, 2.75) is 19.0 Å². The van der Waals surface area contributed by atoms with Gasteiger partial charge in [-0.2, -0.15) is 13.2 Å². The van der Waals surface area contributed by atoms with Crippen LogP contribution in [0, 0.1) is 10.8 Å². The van der Waals surface area contributed by atoms with Gasteiger partial charge >= 0.3 is 6.18 Å². The van der Waals surface area contributed by atoms with E-state index in [0.717, 1.165) is 24.8 Å². The summed E-state index contributed by atoms with van der Waals surface area (Å²) in [5.74, 6) is 0.277. The first-order valence-electron chi connectivity index (χ1n) is 10.2. The van der Waals surface area contributed by atoms with Crippen LogP contribution in [0.4, 0.5) is 33.6 Å². The van der Waals surface area contributed by atoms with Gasteiger partial charge in [0.2, 0.25) is 0 Å². The Kier molecular flexibility index (Phi) is 5.93. The number of halogens is 5. The van der Waals surface area contributed by atoms with Crippen LogP contribution in [0.15, 0.2) is 30.5 Å². The van der Waals surface area contributed by atoms with Crippen molar-refractivity contribution in [1.29, 1.82) is 5.41 Å². The molecule has 0 unspecified atom stereocenters. The van der Waals surface area contributed by atoms with E-state index in [1.165, 1.54) is 18.3 Å². The van der Waals surface area contributed by atoms with Gasteiger partial charge in [-0.05, 0) is 30.7 Å². The second-order valence-electron chi connectivity index (χ2n) is 8.29. The minimum absolute atomic E-state index is 0.108. The molecule has 2 aliphatic heterocycles. The minimum Gasteiger partial charge on any atom is -0.362 e. The molecule has 0 saturated carbocycles. The normalized spacial score (nSPS) is 17.4. The van der Waals surface area contributed by atoms with Crippen LogP contribution >= 0.6 is 0 Å². The molecular formula is C21H21F5N6O. The maximum atomic E-state index is 12.7. The number of nitrogens with zero attached hydrogens (tertiary/aromatic N) is 4. The summed E-state index contributed by atoms with van der Waals surface area (Å²) in [7, 11) is 0. The van der Waals surface area contributed by atoms with Crippen LogP contribution in [-0.4, -0.2) is 66.1 Å². The number of alkyl halides is 5. The van der Waals surface area contributed by atoms with E-state index >= 15 is 0 Å². The Hall–Kier alpha value is -3.31. The molecule has 0 atom stereocenters. The third kappa shape index (κ3) is 4.74. The summed E-state index contributed by atoms with van der Waals surface area (Å²) in [6, 6.07) is 4.17. The average Bonchev–Trinajstić information content (AvgIpc) is 3.21. The maximum absolute atomic E-state index is 12.7. The number of amides is 1. The fourth-order valence-electron chi connectivity index (χ4n) is 4.23. The van der Waals surface area contributed by atoms with Crippen molar-refractivity contribution in [1.82, 2.24) is 14.9 Å². The molecule has 1 amide bonds. The molecular weight excluding hydrogens is 447 g/mol. The molecule has 7 nitrogen and oxygen atoms in total. The standard InChI is InChI=1S/C21H21F5N6O/c22-16(23)8-29-18-15(7-27)28-9-17(30-18)31-6-5-20(10-31)11-32(12-20)19(33)13-1-3-14(4-2-13)21(24,25)26/h1-4,7,9,16,27H,5-6,8,10-12H2,(H,29,30). The van der Waals surface area contributed by atoms with E-state index < -0.39 is 24.7 Å². The number of benzene rings is 1. The third-order valence-electron chi connectivity index (χ3n) is 5.91.